The van der Waals surface area contributed by atoms with Crippen LogP contribution < -0.4 is 5.43 Å². The Morgan fingerprint density at radius 2 is 1.88 bits per heavy atom. The summed E-state index contributed by atoms with van der Waals surface area (Å²) in [5.74, 6) is -0.402. The van der Waals surface area contributed by atoms with Crippen molar-refractivity contribution in [2.24, 2.45) is 5.10 Å². The first-order chi connectivity index (χ1) is 12.0. The molecule has 0 spiro atoms. The van der Waals surface area contributed by atoms with E-state index in [0.29, 0.717) is 26.9 Å². The SMILES string of the molecule is O=C(NN=Cc1ccccc1O)c1cc(-c2cc(Cl)cc(Cl)c2)n[nH]1. The molecule has 3 N–H and O–H groups in total. The summed E-state index contributed by atoms with van der Waals surface area (Å²) in [5.41, 5.74) is 4.28. The maximum absolute atomic E-state index is 12.1. The maximum atomic E-state index is 12.1. The third kappa shape index (κ3) is 4.17. The molecule has 25 heavy (non-hydrogen) atoms. The Bertz CT molecular complexity index is 933. The van der Waals surface area contributed by atoms with Gasteiger partial charge in [0.15, 0.2) is 0 Å². The quantitative estimate of drug-likeness (QED) is 0.478. The number of aromatic nitrogens is 2. The zero-order valence-electron chi connectivity index (χ0n) is 12.7. The van der Waals surface area contributed by atoms with Gasteiger partial charge < -0.3 is 5.11 Å². The molecule has 0 radical (unpaired) electrons. The molecule has 1 heterocycles. The van der Waals surface area contributed by atoms with Gasteiger partial charge in [0.1, 0.15) is 11.4 Å². The highest BCUT2D eigenvalue weighted by Crippen LogP contribution is 2.26. The Morgan fingerprint density at radius 3 is 2.60 bits per heavy atom. The van der Waals surface area contributed by atoms with Crippen LogP contribution >= 0.6 is 23.2 Å². The molecule has 3 aromatic rings. The van der Waals surface area contributed by atoms with E-state index in [0.717, 1.165) is 0 Å². The van der Waals surface area contributed by atoms with E-state index >= 15 is 0 Å². The first-order valence-corrected chi connectivity index (χ1v) is 7.92. The minimum absolute atomic E-state index is 0.0714. The molecule has 0 aliphatic rings. The highest BCUT2D eigenvalue weighted by molar-refractivity contribution is 6.35. The molecule has 6 nitrogen and oxygen atoms in total. The first kappa shape index (κ1) is 17.0. The van der Waals surface area contributed by atoms with Crippen LogP contribution in [0.2, 0.25) is 10.0 Å². The Hall–Kier alpha value is -2.83. The van der Waals surface area contributed by atoms with Crippen molar-refractivity contribution in [3.05, 3.63) is 69.8 Å². The van der Waals surface area contributed by atoms with Gasteiger partial charge in [-0.1, -0.05) is 35.3 Å². The number of H-pyrrole nitrogens is 1. The number of carbonyl (C=O) groups is 1. The zero-order chi connectivity index (χ0) is 17.8. The smallest absolute Gasteiger partial charge is 0.289 e. The second kappa shape index (κ2) is 7.38. The second-order valence-corrected chi connectivity index (χ2v) is 5.96. The fourth-order valence-corrected chi connectivity index (χ4v) is 2.63. The van der Waals surface area contributed by atoms with Crippen LogP contribution in [0.1, 0.15) is 16.1 Å². The highest BCUT2D eigenvalue weighted by atomic mass is 35.5. The number of hydrogen-bond acceptors (Lipinski definition) is 4. The zero-order valence-corrected chi connectivity index (χ0v) is 14.2. The summed E-state index contributed by atoms with van der Waals surface area (Å²) in [6, 6.07) is 13.2. The summed E-state index contributed by atoms with van der Waals surface area (Å²) >= 11 is 11.9. The highest BCUT2D eigenvalue weighted by Gasteiger charge is 2.11. The maximum Gasteiger partial charge on any atom is 0.289 e. The molecule has 2 aromatic carbocycles. The fraction of sp³-hybridized carbons (Fsp3) is 0. The van der Waals surface area contributed by atoms with Crippen molar-refractivity contribution in [1.29, 1.82) is 0 Å². The van der Waals surface area contributed by atoms with Crippen molar-refractivity contribution in [3.8, 4) is 17.0 Å². The Kier molecular flexibility index (Phi) is 5.02. The number of halogens is 2. The molecule has 0 saturated heterocycles. The number of hydrogen-bond donors (Lipinski definition) is 3. The molecule has 0 fully saturated rings. The predicted molar refractivity (Wildman–Crippen MR) is 97.2 cm³/mol. The van der Waals surface area contributed by atoms with Crippen LogP contribution in [0.15, 0.2) is 53.6 Å². The third-order valence-electron chi connectivity index (χ3n) is 3.29. The van der Waals surface area contributed by atoms with E-state index in [1.807, 2.05) is 0 Å². The van der Waals surface area contributed by atoms with Crippen molar-refractivity contribution in [2.45, 2.75) is 0 Å². The number of phenolic OH excluding ortho intramolecular Hbond substituents is 1. The van der Waals surface area contributed by atoms with Crippen molar-refractivity contribution in [3.63, 3.8) is 0 Å². The largest absolute Gasteiger partial charge is 0.507 e. The van der Waals surface area contributed by atoms with Gasteiger partial charge >= 0.3 is 0 Å². The molecule has 8 heteroatoms. The number of nitrogens with one attached hydrogen (secondary N) is 2. The van der Waals surface area contributed by atoms with Gasteiger partial charge in [-0.3, -0.25) is 9.89 Å². The number of phenols is 1. The van der Waals surface area contributed by atoms with E-state index in [-0.39, 0.29) is 11.4 Å². The molecule has 1 aromatic heterocycles. The van der Waals surface area contributed by atoms with Crippen LogP contribution in [0.25, 0.3) is 11.3 Å². The minimum Gasteiger partial charge on any atom is -0.507 e. The lowest BCUT2D eigenvalue weighted by atomic mass is 10.1. The summed E-state index contributed by atoms with van der Waals surface area (Å²) in [7, 11) is 0. The van der Waals surface area contributed by atoms with Crippen LogP contribution in [0.3, 0.4) is 0 Å². The van der Waals surface area contributed by atoms with Crippen molar-refractivity contribution < 1.29 is 9.90 Å². The molecule has 0 atom stereocenters. The summed E-state index contributed by atoms with van der Waals surface area (Å²) < 4.78 is 0. The molecule has 0 bridgehead atoms. The van der Waals surface area contributed by atoms with E-state index < -0.39 is 5.91 Å². The van der Waals surface area contributed by atoms with Gasteiger partial charge in [-0.05, 0) is 36.4 Å². The second-order valence-electron chi connectivity index (χ2n) is 5.08. The Morgan fingerprint density at radius 1 is 1.16 bits per heavy atom. The van der Waals surface area contributed by atoms with E-state index in [1.165, 1.54) is 12.3 Å². The van der Waals surface area contributed by atoms with Crippen molar-refractivity contribution >= 4 is 35.3 Å². The van der Waals surface area contributed by atoms with Crippen LogP contribution in [0.4, 0.5) is 0 Å². The molecule has 0 saturated carbocycles. The fourth-order valence-electron chi connectivity index (χ4n) is 2.11. The van der Waals surface area contributed by atoms with Gasteiger partial charge in [-0.25, -0.2) is 5.43 Å². The Labute approximate surface area is 153 Å². The average molecular weight is 375 g/mol. The lowest BCUT2D eigenvalue weighted by molar-refractivity contribution is 0.0950. The number of aromatic amines is 1. The van der Waals surface area contributed by atoms with Crippen LogP contribution in [0.5, 0.6) is 5.75 Å². The molecular weight excluding hydrogens is 363 g/mol. The van der Waals surface area contributed by atoms with E-state index in [2.05, 4.69) is 20.7 Å². The van der Waals surface area contributed by atoms with E-state index in [1.54, 1.807) is 42.5 Å². The number of carbonyl (C=O) groups excluding carboxylic acids is 1. The first-order valence-electron chi connectivity index (χ1n) is 7.16. The molecule has 0 aliphatic heterocycles. The lowest BCUT2D eigenvalue weighted by Gasteiger charge is -1.99. The van der Waals surface area contributed by atoms with Crippen LogP contribution in [-0.2, 0) is 0 Å². The number of rotatable bonds is 4. The van der Waals surface area contributed by atoms with E-state index in [4.69, 9.17) is 23.2 Å². The monoisotopic (exact) mass is 374 g/mol. The normalized spacial score (nSPS) is 11.0. The third-order valence-corrected chi connectivity index (χ3v) is 3.72. The number of benzene rings is 2. The standard InChI is InChI=1S/C17H12Cl2N4O2/c18-12-5-11(6-13(19)7-12)14-8-15(22-21-14)17(25)23-20-9-10-3-1-2-4-16(10)24/h1-9,24H,(H,21,22)(H,23,25). The molecule has 0 aliphatic carbocycles. The van der Waals surface area contributed by atoms with Gasteiger partial charge in [0, 0.05) is 21.2 Å². The number of hydrazone groups is 1. The number of aromatic hydroxyl groups is 1. The van der Waals surface area contributed by atoms with E-state index in [9.17, 15) is 9.90 Å². The molecular formula is C17H12Cl2N4O2. The summed E-state index contributed by atoms with van der Waals surface area (Å²) in [4.78, 5) is 12.1. The lowest BCUT2D eigenvalue weighted by Crippen LogP contribution is -2.18. The van der Waals surface area contributed by atoms with Crippen LogP contribution in [-0.4, -0.2) is 27.4 Å². The molecule has 3 rings (SSSR count). The summed E-state index contributed by atoms with van der Waals surface area (Å²) in [6.07, 6.45) is 1.35. The predicted octanol–water partition coefficient (Wildman–Crippen LogP) is 3.85. The van der Waals surface area contributed by atoms with Crippen molar-refractivity contribution in [1.82, 2.24) is 15.6 Å². The average Bonchev–Trinajstić information content (AvgIpc) is 3.06. The topological polar surface area (TPSA) is 90.4 Å². The van der Waals surface area contributed by atoms with Gasteiger partial charge in [-0.2, -0.15) is 10.2 Å². The van der Waals surface area contributed by atoms with Gasteiger partial charge in [0.25, 0.3) is 5.91 Å². The number of para-hydroxylation sites is 1. The van der Waals surface area contributed by atoms with Gasteiger partial charge in [-0.15, -0.1) is 0 Å². The molecule has 1 amide bonds. The minimum atomic E-state index is -0.474. The van der Waals surface area contributed by atoms with Crippen LogP contribution in [0, 0.1) is 0 Å². The Balaban J connectivity index is 1.71. The van der Waals surface area contributed by atoms with Crippen molar-refractivity contribution in [2.75, 3.05) is 0 Å². The van der Waals surface area contributed by atoms with Gasteiger partial charge in [0.2, 0.25) is 0 Å². The molecule has 0 unspecified atom stereocenters. The number of nitrogens with zero attached hydrogens (tertiary/aromatic N) is 2. The summed E-state index contributed by atoms with van der Waals surface area (Å²) in [6.45, 7) is 0. The summed E-state index contributed by atoms with van der Waals surface area (Å²) in [5, 5.41) is 21.1. The number of amides is 1. The molecule has 126 valence electrons. The van der Waals surface area contributed by atoms with Gasteiger partial charge in [0.05, 0.1) is 11.9 Å².